The summed E-state index contributed by atoms with van der Waals surface area (Å²) >= 11 is 0. The van der Waals surface area contributed by atoms with E-state index in [0.29, 0.717) is 0 Å². The number of nitrogens with zero attached hydrogens (tertiary/aromatic N) is 3. The summed E-state index contributed by atoms with van der Waals surface area (Å²) in [5.74, 6) is 5.23. The average molecular weight is 544 g/mol. The second-order valence-electron chi connectivity index (χ2n) is 19.0. The van der Waals surface area contributed by atoms with Crippen LogP contribution in [-0.4, -0.2) is 69.1 Å². The minimum Gasteiger partial charge on any atom is -0.296 e. The van der Waals surface area contributed by atoms with Crippen LogP contribution in [0, 0.1) is 35.5 Å². The Hall–Kier alpha value is -0.120. The first-order valence-corrected chi connectivity index (χ1v) is 16.7. The SMILES string of the molecule is CN1C(C)(C)CC(C2CC(C3CC(C)(C)N(C)C(C)(C)C3)CC(C3CC(C)(C)N(C)C(C)(C)C3)C2)CC1(C)C. The molecule has 0 bridgehead atoms. The standard InChI is InChI=1S/C36H69N3/c1-31(2)19-28(20-32(3,4)37(31)13)25-16-26(29-21-33(5,6)38(14)34(7,8)22-29)18-27(17-25)30-23-35(9,10)39(15)36(11,12)24-30/h25-30H,16-24H2,1-15H3. The molecule has 0 amide bonds. The summed E-state index contributed by atoms with van der Waals surface area (Å²) in [7, 11) is 7.15. The quantitative estimate of drug-likeness (QED) is 0.352. The van der Waals surface area contributed by atoms with Crippen LogP contribution >= 0.6 is 0 Å². The second kappa shape index (κ2) is 9.97. The molecule has 3 heterocycles. The molecule has 3 aliphatic heterocycles. The first kappa shape index (κ1) is 31.8. The van der Waals surface area contributed by atoms with Crippen molar-refractivity contribution in [3.8, 4) is 0 Å². The highest BCUT2D eigenvalue weighted by Crippen LogP contribution is 2.56. The number of hydrogen-bond donors (Lipinski definition) is 0. The lowest BCUT2D eigenvalue weighted by Crippen LogP contribution is -2.61. The molecule has 0 radical (unpaired) electrons. The van der Waals surface area contributed by atoms with Gasteiger partial charge in [0.2, 0.25) is 0 Å². The maximum atomic E-state index is 2.69. The van der Waals surface area contributed by atoms with Crippen molar-refractivity contribution < 1.29 is 0 Å². The molecular formula is C36H69N3. The van der Waals surface area contributed by atoms with Crippen LogP contribution in [0.1, 0.15) is 141 Å². The number of likely N-dealkylation sites (tertiary alicyclic amines) is 3. The monoisotopic (exact) mass is 544 g/mol. The van der Waals surface area contributed by atoms with Crippen LogP contribution in [0.4, 0.5) is 0 Å². The van der Waals surface area contributed by atoms with E-state index in [1.807, 2.05) is 0 Å². The molecule has 1 aliphatic carbocycles. The molecule has 0 atom stereocenters. The highest BCUT2D eigenvalue weighted by molar-refractivity contribution is 5.06. The van der Waals surface area contributed by atoms with Gasteiger partial charge in [0.15, 0.2) is 0 Å². The van der Waals surface area contributed by atoms with Crippen LogP contribution < -0.4 is 0 Å². The zero-order valence-electron chi connectivity index (χ0n) is 29.2. The van der Waals surface area contributed by atoms with Gasteiger partial charge in [0.05, 0.1) is 0 Å². The molecule has 0 N–H and O–H groups in total. The zero-order chi connectivity index (χ0) is 29.6. The molecule has 3 nitrogen and oxygen atoms in total. The second-order valence-corrected chi connectivity index (χ2v) is 19.0. The van der Waals surface area contributed by atoms with E-state index in [1.165, 1.54) is 57.8 Å². The van der Waals surface area contributed by atoms with Crippen LogP contribution in [-0.2, 0) is 0 Å². The molecule has 0 aromatic rings. The van der Waals surface area contributed by atoms with E-state index < -0.39 is 0 Å². The van der Waals surface area contributed by atoms with Crippen molar-refractivity contribution in [1.29, 1.82) is 0 Å². The van der Waals surface area contributed by atoms with Gasteiger partial charge in [0.25, 0.3) is 0 Å². The van der Waals surface area contributed by atoms with E-state index in [1.54, 1.807) is 0 Å². The lowest BCUT2D eigenvalue weighted by atomic mass is 9.55. The Morgan fingerprint density at radius 1 is 0.308 bits per heavy atom. The van der Waals surface area contributed by atoms with E-state index in [-0.39, 0.29) is 33.2 Å². The minimum atomic E-state index is 0.282. The Morgan fingerprint density at radius 2 is 0.462 bits per heavy atom. The molecule has 4 aliphatic rings. The molecule has 1 saturated carbocycles. The smallest absolute Gasteiger partial charge is 0.0158 e. The van der Waals surface area contributed by atoms with E-state index in [2.05, 4.69) is 119 Å². The van der Waals surface area contributed by atoms with Gasteiger partial charge >= 0.3 is 0 Å². The predicted octanol–water partition coefficient (Wildman–Crippen LogP) is 8.72. The summed E-state index contributed by atoms with van der Waals surface area (Å²) in [6, 6.07) is 0. The van der Waals surface area contributed by atoms with E-state index >= 15 is 0 Å². The normalized spacial score (nSPS) is 38.1. The van der Waals surface area contributed by atoms with E-state index in [4.69, 9.17) is 0 Å². The Morgan fingerprint density at radius 3 is 0.615 bits per heavy atom. The van der Waals surface area contributed by atoms with Gasteiger partial charge in [-0.2, -0.15) is 0 Å². The number of hydrogen-bond acceptors (Lipinski definition) is 3. The fourth-order valence-electron chi connectivity index (χ4n) is 11.0. The largest absolute Gasteiger partial charge is 0.296 e. The van der Waals surface area contributed by atoms with Crippen LogP contribution in [0.5, 0.6) is 0 Å². The summed E-state index contributed by atoms with van der Waals surface area (Å²) in [5.41, 5.74) is 1.69. The average Bonchev–Trinajstić information content (AvgIpc) is 2.77. The molecule has 0 unspecified atom stereocenters. The van der Waals surface area contributed by atoms with Gasteiger partial charge in [-0.3, -0.25) is 14.7 Å². The molecule has 3 heteroatoms. The van der Waals surface area contributed by atoms with E-state index in [9.17, 15) is 0 Å². The third-order valence-corrected chi connectivity index (χ3v) is 13.8. The predicted molar refractivity (Wildman–Crippen MR) is 170 cm³/mol. The summed E-state index contributed by atoms with van der Waals surface area (Å²) in [4.78, 5) is 8.08. The highest BCUT2D eigenvalue weighted by atomic mass is 15.2. The van der Waals surface area contributed by atoms with Crippen molar-refractivity contribution in [2.45, 2.75) is 174 Å². The Labute approximate surface area is 245 Å². The topological polar surface area (TPSA) is 9.72 Å². The summed E-state index contributed by atoms with van der Waals surface area (Å²) < 4.78 is 0. The number of piperidine rings is 3. The van der Waals surface area contributed by atoms with Gasteiger partial charge in [-0.05, 0) is 198 Å². The van der Waals surface area contributed by atoms with Crippen LogP contribution in [0.3, 0.4) is 0 Å². The molecular weight excluding hydrogens is 474 g/mol. The molecule has 39 heavy (non-hydrogen) atoms. The lowest BCUT2D eigenvalue weighted by molar-refractivity contribution is -0.0905. The van der Waals surface area contributed by atoms with Crippen molar-refractivity contribution in [1.82, 2.24) is 14.7 Å². The van der Waals surface area contributed by atoms with Gasteiger partial charge in [0.1, 0.15) is 0 Å². The molecule has 4 rings (SSSR count). The van der Waals surface area contributed by atoms with Crippen molar-refractivity contribution in [2.24, 2.45) is 35.5 Å². The molecule has 0 spiro atoms. The van der Waals surface area contributed by atoms with Gasteiger partial charge in [-0.15, -0.1) is 0 Å². The van der Waals surface area contributed by atoms with E-state index in [0.717, 1.165) is 35.5 Å². The Balaban J connectivity index is 1.66. The van der Waals surface area contributed by atoms with Crippen molar-refractivity contribution >= 4 is 0 Å². The summed E-state index contributed by atoms with van der Waals surface area (Å²) in [6.45, 7) is 30.2. The third-order valence-electron chi connectivity index (χ3n) is 13.8. The van der Waals surface area contributed by atoms with Crippen LogP contribution in [0.2, 0.25) is 0 Å². The fraction of sp³-hybridized carbons (Fsp3) is 1.00. The Bertz CT molecular complexity index is 706. The summed E-state index contributed by atoms with van der Waals surface area (Å²) in [5, 5.41) is 0. The van der Waals surface area contributed by atoms with Gasteiger partial charge in [0, 0.05) is 33.2 Å². The number of rotatable bonds is 3. The van der Waals surface area contributed by atoms with Crippen molar-refractivity contribution in [3.63, 3.8) is 0 Å². The van der Waals surface area contributed by atoms with Gasteiger partial charge in [-0.25, -0.2) is 0 Å². The summed E-state index contributed by atoms with van der Waals surface area (Å²) in [6.07, 6.45) is 12.7. The minimum absolute atomic E-state index is 0.282. The fourth-order valence-corrected chi connectivity index (χ4v) is 11.0. The van der Waals surface area contributed by atoms with Gasteiger partial charge in [-0.1, -0.05) is 0 Å². The van der Waals surface area contributed by atoms with Crippen molar-refractivity contribution in [2.75, 3.05) is 21.1 Å². The molecule has 0 aromatic carbocycles. The third kappa shape index (κ3) is 6.04. The zero-order valence-corrected chi connectivity index (χ0v) is 29.2. The Kier molecular flexibility index (Phi) is 8.13. The maximum Gasteiger partial charge on any atom is 0.0158 e. The lowest BCUT2D eigenvalue weighted by Gasteiger charge is -2.60. The molecule has 4 fully saturated rings. The van der Waals surface area contributed by atoms with Crippen molar-refractivity contribution in [3.05, 3.63) is 0 Å². The van der Waals surface area contributed by atoms with Crippen LogP contribution in [0.25, 0.3) is 0 Å². The maximum absolute atomic E-state index is 2.69. The molecule has 0 aromatic heterocycles. The molecule has 3 saturated heterocycles. The first-order valence-electron chi connectivity index (χ1n) is 16.7. The highest BCUT2D eigenvalue weighted by Gasteiger charge is 2.52. The molecule has 228 valence electrons. The first-order chi connectivity index (χ1) is 17.5. The van der Waals surface area contributed by atoms with Gasteiger partial charge < -0.3 is 0 Å². The van der Waals surface area contributed by atoms with Crippen LogP contribution in [0.15, 0.2) is 0 Å².